The lowest BCUT2D eigenvalue weighted by molar-refractivity contribution is -0.384. The SMILES string of the molecule is CCN(CC)S(=O)(=O)c1ccc(N2CCNC(=O)C2C(C)C)c([N+](=O)[O-])c1. The van der Waals surface area contributed by atoms with Crippen LogP contribution in [0.15, 0.2) is 23.1 Å². The summed E-state index contributed by atoms with van der Waals surface area (Å²) in [7, 11) is -3.81. The van der Waals surface area contributed by atoms with Crippen molar-refractivity contribution in [1.29, 1.82) is 0 Å². The fraction of sp³-hybridized carbons (Fsp3) is 0.588. The Hall–Kier alpha value is -2.20. The third-order valence-electron chi connectivity index (χ3n) is 4.68. The molecule has 0 saturated carbocycles. The van der Waals surface area contributed by atoms with Gasteiger partial charge in [-0.15, -0.1) is 0 Å². The summed E-state index contributed by atoms with van der Waals surface area (Å²) in [5, 5.41) is 14.5. The fourth-order valence-electron chi connectivity index (χ4n) is 3.38. The second-order valence-electron chi connectivity index (χ2n) is 6.67. The first kappa shape index (κ1) is 21.1. The molecule has 1 aliphatic rings. The summed E-state index contributed by atoms with van der Waals surface area (Å²) >= 11 is 0. The van der Waals surface area contributed by atoms with Gasteiger partial charge in [0.1, 0.15) is 11.7 Å². The smallest absolute Gasteiger partial charge is 0.293 e. The number of nitro groups is 1. The first-order valence-corrected chi connectivity index (χ1v) is 10.4. The highest BCUT2D eigenvalue weighted by molar-refractivity contribution is 7.89. The van der Waals surface area contributed by atoms with Crippen LogP contribution in [-0.4, -0.2) is 55.8 Å². The number of carbonyl (C=O) groups is 1. The van der Waals surface area contributed by atoms with Gasteiger partial charge in [0.15, 0.2) is 0 Å². The zero-order valence-electron chi connectivity index (χ0n) is 16.0. The van der Waals surface area contributed by atoms with E-state index in [1.165, 1.54) is 16.4 Å². The van der Waals surface area contributed by atoms with E-state index in [-0.39, 0.29) is 41.2 Å². The van der Waals surface area contributed by atoms with Gasteiger partial charge in [-0.25, -0.2) is 8.42 Å². The van der Waals surface area contributed by atoms with Crippen LogP contribution in [0.3, 0.4) is 0 Å². The number of nitrogens with one attached hydrogen (secondary N) is 1. The van der Waals surface area contributed by atoms with Crippen LogP contribution in [0.5, 0.6) is 0 Å². The minimum absolute atomic E-state index is 0.0658. The van der Waals surface area contributed by atoms with E-state index in [9.17, 15) is 23.3 Å². The molecule has 1 fully saturated rings. The van der Waals surface area contributed by atoms with Crippen LogP contribution >= 0.6 is 0 Å². The third kappa shape index (κ3) is 4.06. The lowest BCUT2D eigenvalue weighted by atomic mass is 9.98. The second kappa shape index (κ2) is 8.22. The molecule has 0 aliphatic carbocycles. The Labute approximate surface area is 159 Å². The van der Waals surface area contributed by atoms with Crippen molar-refractivity contribution in [2.75, 3.05) is 31.1 Å². The van der Waals surface area contributed by atoms with Crippen molar-refractivity contribution < 1.29 is 18.1 Å². The highest BCUT2D eigenvalue weighted by atomic mass is 32.2. The second-order valence-corrected chi connectivity index (χ2v) is 8.61. The van der Waals surface area contributed by atoms with Crippen LogP contribution in [0.25, 0.3) is 0 Å². The molecule has 150 valence electrons. The maximum absolute atomic E-state index is 12.7. The highest BCUT2D eigenvalue weighted by Gasteiger charge is 2.36. The van der Waals surface area contributed by atoms with Crippen LogP contribution in [0.2, 0.25) is 0 Å². The molecule has 1 amide bonds. The number of hydrogen-bond acceptors (Lipinski definition) is 6. The Kier molecular flexibility index (Phi) is 6.42. The third-order valence-corrected chi connectivity index (χ3v) is 6.73. The maximum atomic E-state index is 12.7. The van der Waals surface area contributed by atoms with Crippen molar-refractivity contribution >= 4 is 27.3 Å². The largest absolute Gasteiger partial charge is 0.353 e. The molecule has 9 nitrogen and oxygen atoms in total. The molecule has 27 heavy (non-hydrogen) atoms. The Balaban J connectivity index is 2.56. The summed E-state index contributed by atoms with van der Waals surface area (Å²) in [5.74, 6) is -0.255. The van der Waals surface area contributed by atoms with Crippen molar-refractivity contribution in [3.63, 3.8) is 0 Å². The van der Waals surface area contributed by atoms with Crippen LogP contribution < -0.4 is 10.2 Å². The number of nitrogens with zero attached hydrogens (tertiary/aromatic N) is 3. The summed E-state index contributed by atoms with van der Waals surface area (Å²) in [6, 6.07) is 3.35. The quantitative estimate of drug-likeness (QED) is 0.551. The van der Waals surface area contributed by atoms with E-state index < -0.39 is 21.0 Å². The van der Waals surface area contributed by atoms with Gasteiger partial charge in [0.25, 0.3) is 5.69 Å². The highest BCUT2D eigenvalue weighted by Crippen LogP contribution is 2.34. The average Bonchev–Trinajstić information content (AvgIpc) is 2.61. The van der Waals surface area contributed by atoms with Crippen LogP contribution in [0.4, 0.5) is 11.4 Å². The molecule has 1 heterocycles. The number of nitro benzene ring substituents is 1. The molecule has 10 heteroatoms. The van der Waals surface area contributed by atoms with Gasteiger partial charge in [-0.1, -0.05) is 27.7 Å². The molecule has 1 unspecified atom stereocenters. The average molecular weight is 398 g/mol. The summed E-state index contributed by atoms with van der Waals surface area (Å²) < 4.78 is 26.7. The van der Waals surface area contributed by atoms with Crippen LogP contribution in [0.1, 0.15) is 27.7 Å². The number of carbonyl (C=O) groups excluding carboxylic acids is 1. The van der Waals surface area contributed by atoms with Gasteiger partial charge in [0, 0.05) is 32.2 Å². The topological polar surface area (TPSA) is 113 Å². The van der Waals surface area contributed by atoms with Gasteiger partial charge < -0.3 is 10.2 Å². The predicted octanol–water partition coefficient (Wildman–Crippen LogP) is 1.59. The van der Waals surface area contributed by atoms with Crippen molar-refractivity contribution in [2.45, 2.75) is 38.6 Å². The molecule has 1 aromatic carbocycles. The summed E-state index contributed by atoms with van der Waals surface area (Å²) in [6.45, 7) is 8.50. The van der Waals surface area contributed by atoms with Crippen molar-refractivity contribution in [2.24, 2.45) is 5.92 Å². The van der Waals surface area contributed by atoms with E-state index in [0.29, 0.717) is 13.1 Å². The molecule has 1 N–H and O–H groups in total. The summed E-state index contributed by atoms with van der Waals surface area (Å²) in [5.41, 5.74) is -0.0596. The van der Waals surface area contributed by atoms with E-state index in [4.69, 9.17) is 0 Å². The number of piperazine rings is 1. The predicted molar refractivity (Wildman–Crippen MR) is 102 cm³/mol. The molecule has 1 aliphatic heterocycles. The van der Waals surface area contributed by atoms with Gasteiger partial charge in [-0.3, -0.25) is 14.9 Å². The van der Waals surface area contributed by atoms with Crippen molar-refractivity contribution in [1.82, 2.24) is 9.62 Å². The van der Waals surface area contributed by atoms with E-state index in [1.807, 2.05) is 13.8 Å². The Bertz CT molecular complexity index is 821. The summed E-state index contributed by atoms with van der Waals surface area (Å²) in [4.78, 5) is 24.9. The molecule has 1 atom stereocenters. The van der Waals surface area contributed by atoms with E-state index in [1.54, 1.807) is 18.7 Å². The number of anilines is 1. The lowest BCUT2D eigenvalue weighted by Gasteiger charge is -2.38. The van der Waals surface area contributed by atoms with E-state index in [2.05, 4.69) is 5.32 Å². The fourth-order valence-corrected chi connectivity index (χ4v) is 4.86. The van der Waals surface area contributed by atoms with Gasteiger partial charge >= 0.3 is 0 Å². The van der Waals surface area contributed by atoms with E-state index in [0.717, 1.165) is 6.07 Å². The Morgan fingerprint density at radius 1 is 1.33 bits per heavy atom. The molecule has 1 saturated heterocycles. The Morgan fingerprint density at radius 3 is 2.48 bits per heavy atom. The molecular formula is C17H26N4O5S. The number of sulfonamides is 1. The lowest BCUT2D eigenvalue weighted by Crippen LogP contribution is -2.57. The van der Waals surface area contributed by atoms with Gasteiger partial charge in [-0.2, -0.15) is 4.31 Å². The van der Waals surface area contributed by atoms with Crippen LogP contribution in [-0.2, 0) is 14.8 Å². The van der Waals surface area contributed by atoms with E-state index >= 15 is 0 Å². The summed E-state index contributed by atoms with van der Waals surface area (Å²) in [6.07, 6.45) is 0. The number of amides is 1. The number of rotatable bonds is 7. The van der Waals surface area contributed by atoms with Gasteiger partial charge in [-0.05, 0) is 18.1 Å². The van der Waals surface area contributed by atoms with Gasteiger partial charge in [0.05, 0.1) is 9.82 Å². The molecule has 0 aromatic heterocycles. The monoisotopic (exact) mass is 398 g/mol. The molecule has 0 radical (unpaired) electrons. The number of hydrogen-bond donors (Lipinski definition) is 1. The normalized spacial score (nSPS) is 18.1. The Morgan fingerprint density at radius 2 is 1.96 bits per heavy atom. The minimum Gasteiger partial charge on any atom is -0.353 e. The molecule has 1 aromatic rings. The zero-order valence-corrected chi connectivity index (χ0v) is 16.8. The molecule has 0 bridgehead atoms. The van der Waals surface area contributed by atoms with Crippen LogP contribution in [0, 0.1) is 16.0 Å². The van der Waals surface area contributed by atoms with Gasteiger partial charge in [0.2, 0.25) is 15.9 Å². The first-order valence-electron chi connectivity index (χ1n) is 8.98. The maximum Gasteiger partial charge on any atom is 0.293 e. The number of benzene rings is 1. The minimum atomic E-state index is -3.81. The zero-order chi connectivity index (χ0) is 20.4. The molecule has 0 spiro atoms. The molecular weight excluding hydrogens is 372 g/mol. The first-order chi connectivity index (χ1) is 12.6. The molecule has 2 rings (SSSR count). The van der Waals surface area contributed by atoms with Crippen molar-refractivity contribution in [3.8, 4) is 0 Å². The van der Waals surface area contributed by atoms with Crippen molar-refractivity contribution in [3.05, 3.63) is 28.3 Å². The standard InChI is InChI=1S/C17H26N4O5S/c1-5-19(6-2)27(25,26)13-7-8-14(15(11-13)21(23)24)20-10-9-18-17(22)16(20)12(3)4/h7-8,11-12,16H,5-6,9-10H2,1-4H3,(H,18,22).